The molecule has 0 bridgehead atoms. The fourth-order valence-corrected chi connectivity index (χ4v) is 3.72. The van der Waals surface area contributed by atoms with E-state index in [2.05, 4.69) is 17.1 Å². The monoisotopic (exact) mass is 306 g/mol. The van der Waals surface area contributed by atoms with E-state index in [4.69, 9.17) is 0 Å². The van der Waals surface area contributed by atoms with Gasteiger partial charge < -0.3 is 10.2 Å². The standard InChI is InChI=1S/C13H30N4O2S/c1-4-7-14-8-5-10-16(3)20(18,19)17-11-6-9-15(2)12-13-17/h14H,4-13H2,1-3H3. The van der Waals surface area contributed by atoms with E-state index >= 15 is 0 Å². The van der Waals surface area contributed by atoms with E-state index in [9.17, 15) is 8.42 Å². The Balaban J connectivity index is 2.41. The summed E-state index contributed by atoms with van der Waals surface area (Å²) in [5.74, 6) is 0. The van der Waals surface area contributed by atoms with Crippen LogP contribution in [0.25, 0.3) is 0 Å². The zero-order valence-corrected chi connectivity index (χ0v) is 14.0. The zero-order valence-electron chi connectivity index (χ0n) is 13.1. The Morgan fingerprint density at radius 1 is 1.15 bits per heavy atom. The highest BCUT2D eigenvalue weighted by Gasteiger charge is 2.27. The van der Waals surface area contributed by atoms with Gasteiger partial charge in [-0.25, -0.2) is 0 Å². The quantitative estimate of drug-likeness (QED) is 0.651. The summed E-state index contributed by atoms with van der Waals surface area (Å²) < 4.78 is 28.1. The van der Waals surface area contributed by atoms with Crippen molar-refractivity contribution >= 4 is 10.2 Å². The Labute approximate surface area is 124 Å². The molecule has 0 spiro atoms. The molecular weight excluding hydrogens is 276 g/mol. The maximum Gasteiger partial charge on any atom is 0.281 e. The summed E-state index contributed by atoms with van der Waals surface area (Å²) in [7, 11) is 0.436. The highest BCUT2D eigenvalue weighted by Crippen LogP contribution is 2.10. The van der Waals surface area contributed by atoms with Crippen molar-refractivity contribution in [3.05, 3.63) is 0 Å². The molecule has 1 heterocycles. The van der Waals surface area contributed by atoms with Crippen LogP contribution >= 0.6 is 0 Å². The highest BCUT2D eigenvalue weighted by molar-refractivity contribution is 7.86. The van der Waals surface area contributed by atoms with Gasteiger partial charge in [0.1, 0.15) is 0 Å². The molecular formula is C13H30N4O2S. The van der Waals surface area contributed by atoms with Gasteiger partial charge in [0, 0.05) is 33.2 Å². The zero-order chi connectivity index (χ0) is 15.0. The van der Waals surface area contributed by atoms with Gasteiger partial charge in [-0.1, -0.05) is 6.92 Å². The number of hydrogen-bond donors (Lipinski definition) is 1. The van der Waals surface area contributed by atoms with Crippen LogP contribution in [0.5, 0.6) is 0 Å². The lowest BCUT2D eigenvalue weighted by Crippen LogP contribution is -2.44. The first kappa shape index (κ1) is 17.8. The molecule has 1 aliphatic rings. The third-order valence-electron chi connectivity index (χ3n) is 3.65. The van der Waals surface area contributed by atoms with E-state index in [1.54, 1.807) is 11.4 Å². The second-order valence-corrected chi connectivity index (χ2v) is 7.52. The van der Waals surface area contributed by atoms with Gasteiger partial charge in [0.25, 0.3) is 10.2 Å². The lowest BCUT2D eigenvalue weighted by atomic mass is 10.4. The summed E-state index contributed by atoms with van der Waals surface area (Å²) in [5.41, 5.74) is 0. The van der Waals surface area contributed by atoms with Gasteiger partial charge in [0.15, 0.2) is 0 Å². The summed E-state index contributed by atoms with van der Waals surface area (Å²) in [4.78, 5) is 2.18. The van der Waals surface area contributed by atoms with Crippen molar-refractivity contribution in [3.63, 3.8) is 0 Å². The molecule has 0 radical (unpaired) electrons. The van der Waals surface area contributed by atoms with Crippen molar-refractivity contribution in [1.29, 1.82) is 0 Å². The molecule has 1 fully saturated rings. The minimum absolute atomic E-state index is 0.575. The maximum atomic E-state index is 12.5. The van der Waals surface area contributed by atoms with Crippen LogP contribution in [0.4, 0.5) is 0 Å². The predicted molar refractivity (Wildman–Crippen MR) is 83.0 cm³/mol. The molecule has 6 nitrogen and oxygen atoms in total. The van der Waals surface area contributed by atoms with E-state index in [1.165, 1.54) is 4.31 Å². The second kappa shape index (κ2) is 8.94. The minimum atomic E-state index is -3.29. The average molecular weight is 306 g/mol. The maximum absolute atomic E-state index is 12.5. The Kier molecular flexibility index (Phi) is 7.98. The fourth-order valence-electron chi connectivity index (χ4n) is 2.29. The highest BCUT2D eigenvalue weighted by atomic mass is 32.2. The molecule has 0 atom stereocenters. The van der Waals surface area contributed by atoms with Gasteiger partial charge in [0.2, 0.25) is 0 Å². The number of hydrogen-bond acceptors (Lipinski definition) is 4. The Morgan fingerprint density at radius 3 is 2.60 bits per heavy atom. The third-order valence-corrected chi connectivity index (χ3v) is 5.64. The van der Waals surface area contributed by atoms with E-state index < -0.39 is 10.2 Å². The molecule has 0 aliphatic carbocycles. The molecule has 0 amide bonds. The van der Waals surface area contributed by atoms with Gasteiger partial charge in [-0.3, -0.25) is 0 Å². The first-order valence-corrected chi connectivity index (χ1v) is 8.99. The van der Waals surface area contributed by atoms with Crippen molar-refractivity contribution in [2.24, 2.45) is 0 Å². The second-order valence-electron chi connectivity index (χ2n) is 5.49. The molecule has 1 rings (SSSR count). The number of likely N-dealkylation sites (N-methyl/N-ethyl adjacent to an activating group) is 1. The number of nitrogens with zero attached hydrogens (tertiary/aromatic N) is 3. The Bertz CT molecular complexity index is 361. The summed E-state index contributed by atoms with van der Waals surface area (Å²) in [6.07, 6.45) is 2.86. The van der Waals surface area contributed by atoms with Crippen LogP contribution in [0.3, 0.4) is 0 Å². The predicted octanol–water partition coefficient (Wildman–Crippen LogP) is 0.190. The lowest BCUT2D eigenvalue weighted by molar-refractivity contribution is 0.335. The van der Waals surface area contributed by atoms with Crippen LogP contribution in [-0.4, -0.2) is 81.8 Å². The molecule has 1 N–H and O–H groups in total. The topological polar surface area (TPSA) is 55.9 Å². The first-order valence-electron chi connectivity index (χ1n) is 7.59. The first-order chi connectivity index (χ1) is 9.48. The minimum Gasteiger partial charge on any atom is -0.317 e. The van der Waals surface area contributed by atoms with Crippen molar-refractivity contribution in [3.8, 4) is 0 Å². The Hall–Kier alpha value is -0.210. The van der Waals surface area contributed by atoms with E-state index in [0.717, 1.165) is 45.4 Å². The lowest BCUT2D eigenvalue weighted by Gasteiger charge is -2.26. The van der Waals surface area contributed by atoms with Gasteiger partial charge in [-0.05, 0) is 45.9 Å². The molecule has 0 aromatic rings. The van der Waals surface area contributed by atoms with Crippen molar-refractivity contribution in [2.75, 3.05) is 59.9 Å². The molecule has 0 saturated carbocycles. The van der Waals surface area contributed by atoms with Gasteiger partial charge >= 0.3 is 0 Å². The molecule has 0 aromatic carbocycles. The summed E-state index contributed by atoms with van der Waals surface area (Å²) in [6, 6.07) is 0. The summed E-state index contributed by atoms with van der Waals surface area (Å²) in [5, 5.41) is 3.30. The number of rotatable bonds is 8. The largest absolute Gasteiger partial charge is 0.317 e. The fraction of sp³-hybridized carbons (Fsp3) is 1.00. The average Bonchev–Trinajstić information content (AvgIpc) is 2.63. The normalized spacial score (nSPS) is 19.4. The van der Waals surface area contributed by atoms with E-state index in [0.29, 0.717) is 19.6 Å². The third kappa shape index (κ3) is 5.65. The molecule has 120 valence electrons. The SMILES string of the molecule is CCCNCCCN(C)S(=O)(=O)N1CCCN(C)CC1. The van der Waals surface area contributed by atoms with Crippen LogP contribution in [0.15, 0.2) is 0 Å². The van der Waals surface area contributed by atoms with Crippen molar-refractivity contribution in [1.82, 2.24) is 18.8 Å². The molecule has 7 heteroatoms. The van der Waals surface area contributed by atoms with E-state index in [-0.39, 0.29) is 0 Å². The summed E-state index contributed by atoms with van der Waals surface area (Å²) in [6.45, 7) is 7.57. The van der Waals surface area contributed by atoms with Gasteiger partial charge in [-0.2, -0.15) is 17.0 Å². The Morgan fingerprint density at radius 2 is 1.90 bits per heavy atom. The molecule has 0 aromatic heterocycles. The van der Waals surface area contributed by atoms with Gasteiger partial charge in [0.05, 0.1) is 0 Å². The van der Waals surface area contributed by atoms with Crippen molar-refractivity contribution in [2.45, 2.75) is 26.2 Å². The molecule has 20 heavy (non-hydrogen) atoms. The molecule has 1 saturated heterocycles. The van der Waals surface area contributed by atoms with Gasteiger partial charge in [-0.15, -0.1) is 0 Å². The smallest absolute Gasteiger partial charge is 0.281 e. The van der Waals surface area contributed by atoms with Crippen LogP contribution in [-0.2, 0) is 10.2 Å². The van der Waals surface area contributed by atoms with E-state index in [1.807, 2.05) is 7.05 Å². The van der Waals surface area contributed by atoms with Crippen LogP contribution in [0, 0.1) is 0 Å². The van der Waals surface area contributed by atoms with Crippen LogP contribution < -0.4 is 5.32 Å². The van der Waals surface area contributed by atoms with Crippen molar-refractivity contribution < 1.29 is 8.42 Å². The van der Waals surface area contributed by atoms with Crippen LogP contribution in [0.1, 0.15) is 26.2 Å². The molecule has 0 unspecified atom stereocenters. The molecule has 1 aliphatic heterocycles. The summed E-state index contributed by atoms with van der Waals surface area (Å²) >= 11 is 0. The van der Waals surface area contributed by atoms with Crippen LogP contribution in [0.2, 0.25) is 0 Å². The number of nitrogens with one attached hydrogen (secondary N) is 1.